The first-order chi connectivity index (χ1) is 6.45. The molecule has 0 radical (unpaired) electrons. The Hall–Kier alpha value is -0.420. The van der Waals surface area contributed by atoms with Crippen LogP contribution in [0.15, 0.2) is 0 Å². The van der Waals surface area contributed by atoms with E-state index in [2.05, 4.69) is 27.8 Å². The molecule has 1 heterocycles. The van der Waals surface area contributed by atoms with Crippen LogP contribution < -0.4 is 0 Å². The van der Waals surface area contributed by atoms with Gasteiger partial charge < -0.3 is 9.64 Å². The van der Waals surface area contributed by atoms with Gasteiger partial charge in [0.2, 0.25) is 0 Å². The molecule has 84 valence electrons. The van der Waals surface area contributed by atoms with E-state index in [4.69, 9.17) is 0 Å². The second-order valence-corrected chi connectivity index (χ2v) is 8.22. The van der Waals surface area contributed by atoms with E-state index in [1.165, 1.54) is 7.11 Å². The van der Waals surface area contributed by atoms with Crippen LogP contribution >= 0.6 is 10.2 Å². The van der Waals surface area contributed by atoms with Crippen molar-refractivity contribution in [2.24, 2.45) is 0 Å². The highest BCUT2D eigenvalue weighted by molar-refractivity contribution is 8.30. The van der Waals surface area contributed by atoms with Crippen LogP contribution in [0.4, 0.5) is 4.79 Å². The molecule has 0 atom stereocenters. The maximum Gasteiger partial charge on any atom is 0.409 e. The fourth-order valence-electron chi connectivity index (χ4n) is 1.55. The largest absolute Gasteiger partial charge is 0.453 e. The van der Waals surface area contributed by atoms with Gasteiger partial charge >= 0.3 is 6.09 Å². The van der Waals surface area contributed by atoms with Crippen molar-refractivity contribution in [1.29, 1.82) is 0 Å². The van der Waals surface area contributed by atoms with Crippen molar-refractivity contribution < 1.29 is 9.53 Å². The van der Waals surface area contributed by atoms with E-state index in [0.717, 1.165) is 26.2 Å². The van der Waals surface area contributed by atoms with E-state index in [1.807, 2.05) is 0 Å². The molecular weight excluding hydrogens is 200 g/mol. The number of amides is 1. The van der Waals surface area contributed by atoms with Crippen molar-refractivity contribution in [3.05, 3.63) is 0 Å². The highest BCUT2D eigenvalue weighted by Gasteiger charge is 2.25. The average Bonchev–Trinajstić information content (AvgIpc) is 2.15. The standard InChI is InChI=1S/C9H20N2O2S/c1-13-9(12)10-5-7-11(8-6-10)14(2,3)4/h5-8H2,1-4H3. The Bertz CT molecular complexity index is 207. The van der Waals surface area contributed by atoms with Crippen molar-refractivity contribution in [1.82, 2.24) is 9.21 Å². The smallest absolute Gasteiger partial charge is 0.409 e. The zero-order chi connectivity index (χ0) is 10.8. The van der Waals surface area contributed by atoms with Gasteiger partial charge in [0, 0.05) is 26.2 Å². The second-order valence-electron chi connectivity index (χ2n) is 4.16. The van der Waals surface area contributed by atoms with Crippen LogP contribution in [-0.4, -0.2) is 67.4 Å². The Morgan fingerprint density at radius 2 is 1.64 bits per heavy atom. The third-order valence-corrected chi connectivity index (χ3v) is 4.36. The fraction of sp³-hybridized carbons (Fsp3) is 0.889. The minimum atomic E-state index is -0.627. The van der Waals surface area contributed by atoms with Gasteiger partial charge in [-0.15, -0.1) is 0 Å². The summed E-state index contributed by atoms with van der Waals surface area (Å²) in [6, 6.07) is 0. The number of carbonyl (C=O) groups excluding carboxylic acids is 1. The minimum absolute atomic E-state index is 0.200. The molecule has 0 aromatic carbocycles. The third-order valence-electron chi connectivity index (χ3n) is 2.45. The minimum Gasteiger partial charge on any atom is -0.453 e. The van der Waals surface area contributed by atoms with Crippen molar-refractivity contribution in [2.45, 2.75) is 0 Å². The Balaban J connectivity index is 2.43. The molecule has 1 amide bonds. The zero-order valence-electron chi connectivity index (χ0n) is 9.45. The van der Waals surface area contributed by atoms with Crippen LogP contribution in [0, 0.1) is 0 Å². The van der Waals surface area contributed by atoms with E-state index in [9.17, 15) is 4.79 Å². The van der Waals surface area contributed by atoms with Crippen LogP contribution in [0.3, 0.4) is 0 Å². The molecule has 0 bridgehead atoms. The van der Waals surface area contributed by atoms with E-state index >= 15 is 0 Å². The number of nitrogens with zero attached hydrogens (tertiary/aromatic N) is 2. The Labute approximate surface area is 87.6 Å². The topological polar surface area (TPSA) is 32.8 Å². The molecule has 1 fully saturated rings. The van der Waals surface area contributed by atoms with Crippen molar-refractivity contribution in [2.75, 3.05) is 52.1 Å². The summed E-state index contributed by atoms with van der Waals surface area (Å²) < 4.78 is 7.15. The lowest BCUT2D eigenvalue weighted by molar-refractivity contribution is 0.109. The van der Waals surface area contributed by atoms with Gasteiger partial charge in [0.25, 0.3) is 0 Å². The fourth-order valence-corrected chi connectivity index (χ4v) is 2.81. The molecule has 5 heteroatoms. The summed E-state index contributed by atoms with van der Waals surface area (Å²) in [5, 5.41) is 0. The third kappa shape index (κ3) is 2.78. The molecule has 0 aliphatic carbocycles. The molecule has 1 aliphatic rings. The molecule has 1 aliphatic heterocycles. The van der Waals surface area contributed by atoms with Gasteiger partial charge in [-0.1, -0.05) is 0 Å². The number of piperazine rings is 1. The summed E-state index contributed by atoms with van der Waals surface area (Å²) in [6.07, 6.45) is 6.64. The molecule has 4 nitrogen and oxygen atoms in total. The van der Waals surface area contributed by atoms with E-state index in [0.29, 0.717) is 0 Å². The normalized spacial score (nSPS) is 20.7. The van der Waals surface area contributed by atoms with E-state index in [-0.39, 0.29) is 6.09 Å². The average molecular weight is 220 g/mol. The number of ether oxygens (including phenoxy) is 1. The molecule has 1 rings (SSSR count). The maximum atomic E-state index is 11.2. The summed E-state index contributed by atoms with van der Waals surface area (Å²) >= 11 is 0. The summed E-state index contributed by atoms with van der Waals surface area (Å²) in [5.41, 5.74) is 0. The van der Waals surface area contributed by atoms with Gasteiger partial charge in [0.15, 0.2) is 0 Å². The lowest BCUT2D eigenvalue weighted by Crippen LogP contribution is -2.48. The molecule has 0 N–H and O–H groups in total. The number of methoxy groups -OCH3 is 1. The van der Waals surface area contributed by atoms with Crippen molar-refractivity contribution in [3.63, 3.8) is 0 Å². The molecule has 0 spiro atoms. The number of rotatable bonds is 1. The van der Waals surface area contributed by atoms with Crippen molar-refractivity contribution >= 4 is 16.3 Å². The lowest BCUT2D eigenvalue weighted by Gasteiger charge is -2.44. The maximum absolute atomic E-state index is 11.2. The molecule has 14 heavy (non-hydrogen) atoms. The molecule has 0 aromatic heterocycles. The Morgan fingerprint density at radius 1 is 1.14 bits per heavy atom. The van der Waals surface area contributed by atoms with Gasteiger partial charge in [-0.3, -0.25) is 4.31 Å². The quantitative estimate of drug-likeness (QED) is 0.660. The molecular formula is C9H20N2O2S. The first-order valence-corrected chi connectivity index (χ1v) is 7.53. The molecule has 0 aromatic rings. The van der Waals surface area contributed by atoms with E-state index < -0.39 is 10.2 Å². The van der Waals surface area contributed by atoms with Crippen molar-refractivity contribution in [3.8, 4) is 0 Å². The predicted octanol–water partition coefficient (Wildman–Crippen LogP) is 0.979. The molecule has 0 unspecified atom stereocenters. The van der Waals surface area contributed by atoms with Crippen LogP contribution in [0.2, 0.25) is 0 Å². The Morgan fingerprint density at radius 3 is 2.00 bits per heavy atom. The van der Waals surface area contributed by atoms with Gasteiger partial charge in [-0.2, -0.15) is 10.2 Å². The summed E-state index contributed by atoms with van der Waals surface area (Å²) in [4.78, 5) is 13.0. The van der Waals surface area contributed by atoms with Crippen LogP contribution in [0.1, 0.15) is 0 Å². The Kier molecular flexibility index (Phi) is 3.66. The number of hydrogen-bond acceptors (Lipinski definition) is 3. The number of hydrogen-bond donors (Lipinski definition) is 0. The van der Waals surface area contributed by atoms with Gasteiger partial charge in [0.05, 0.1) is 7.11 Å². The first kappa shape index (κ1) is 11.7. The second kappa shape index (κ2) is 4.40. The first-order valence-electron chi connectivity index (χ1n) is 4.71. The monoisotopic (exact) mass is 220 g/mol. The summed E-state index contributed by atoms with van der Waals surface area (Å²) in [7, 11) is 0.807. The molecule has 1 saturated heterocycles. The van der Waals surface area contributed by atoms with Gasteiger partial charge in [-0.05, 0) is 18.8 Å². The van der Waals surface area contributed by atoms with Crippen LogP contribution in [0.5, 0.6) is 0 Å². The van der Waals surface area contributed by atoms with Crippen LogP contribution in [0.25, 0.3) is 0 Å². The number of carbonyl (C=O) groups is 1. The van der Waals surface area contributed by atoms with Crippen LogP contribution in [-0.2, 0) is 4.74 Å². The van der Waals surface area contributed by atoms with E-state index in [1.54, 1.807) is 4.90 Å². The predicted molar refractivity (Wildman–Crippen MR) is 60.9 cm³/mol. The highest BCUT2D eigenvalue weighted by Crippen LogP contribution is 2.39. The lowest BCUT2D eigenvalue weighted by atomic mass is 10.4. The zero-order valence-corrected chi connectivity index (χ0v) is 10.3. The summed E-state index contributed by atoms with van der Waals surface area (Å²) in [6.45, 7) is 3.51. The SMILES string of the molecule is COC(=O)N1CCN(S(C)(C)C)CC1. The summed E-state index contributed by atoms with van der Waals surface area (Å²) in [5.74, 6) is 0. The van der Waals surface area contributed by atoms with Gasteiger partial charge in [-0.25, -0.2) is 4.79 Å². The van der Waals surface area contributed by atoms with Gasteiger partial charge in [0.1, 0.15) is 0 Å². The highest BCUT2D eigenvalue weighted by atomic mass is 32.3. The molecule has 0 saturated carbocycles.